The van der Waals surface area contributed by atoms with E-state index in [1.54, 1.807) is 10.7 Å². The molecule has 0 aliphatic rings. The third kappa shape index (κ3) is 2.54. The van der Waals surface area contributed by atoms with E-state index in [4.69, 9.17) is 11.6 Å². The number of aromatic nitrogens is 3. The minimum absolute atomic E-state index is 0.148. The lowest BCUT2D eigenvalue weighted by atomic mass is 9.86. The van der Waals surface area contributed by atoms with Gasteiger partial charge in [0.1, 0.15) is 5.15 Å². The van der Waals surface area contributed by atoms with Gasteiger partial charge in [-0.3, -0.25) is 0 Å². The van der Waals surface area contributed by atoms with Crippen molar-refractivity contribution in [3.63, 3.8) is 0 Å². The van der Waals surface area contributed by atoms with E-state index in [0.717, 1.165) is 22.5 Å². The Morgan fingerprint density at radius 1 is 1.10 bits per heavy atom. The highest BCUT2D eigenvalue weighted by atomic mass is 35.5. The summed E-state index contributed by atoms with van der Waals surface area (Å²) >= 11 is 6.29. The van der Waals surface area contributed by atoms with Gasteiger partial charge in [0.05, 0.1) is 11.9 Å². The summed E-state index contributed by atoms with van der Waals surface area (Å²) in [5.74, 6) is 0. The van der Waals surface area contributed by atoms with E-state index in [1.807, 2.05) is 13.0 Å². The van der Waals surface area contributed by atoms with Gasteiger partial charge in [-0.25, -0.2) is 9.50 Å². The topological polar surface area (TPSA) is 30.2 Å². The van der Waals surface area contributed by atoms with Crippen LogP contribution in [0.2, 0.25) is 5.15 Å². The van der Waals surface area contributed by atoms with Gasteiger partial charge in [0.25, 0.3) is 0 Å². The fraction of sp³-hybridized carbons (Fsp3) is 0.294. The summed E-state index contributed by atoms with van der Waals surface area (Å²) in [6.07, 6.45) is 1.78. The molecule has 0 fully saturated rings. The quantitative estimate of drug-likeness (QED) is 0.612. The molecule has 0 atom stereocenters. The van der Waals surface area contributed by atoms with Crippen LogP contribution in [0.1, 0.15) is 31.9 Å². The van der Waals surface area contributed by atoms with Crippen molar-refractivity contribution in [1.82, 2.24) is 14.6 Å². The van der Waals surface area contributed by atoms with Crippen molar-refractivity contribution in [3.8, 4) is 11.3 Å². The Kier molecular flexibility index (Phi) is 3.25. The minimum Gasteiger partial charge on any atom is -0.228 e. The molecule has 4 heteroatoms. The lowest BCUT2D eigenvalue weighted by Crippen LogP contribution is -2.10. The molecule has 0 unspecified atom stereocenters. The number of nitrogens with zero attached hydrogens (tertiary/aromatic N) is 3. The zero-order chi connectivity index (χ0) is 15.2. The molecule has 3 nitrogen and oxygen atoms in total. The SMILES string of the molecule is Cc1cnn2c(Cl)cc(-c3ccc(C(C)(C)C)cc3)nc12. The van der Waals surface area contributed by atoms with E-state index in [-0.39, 0.29) is 5.41 Å². The van der Waals surface area contributed by atoms with Crippen molar-refractivity contribution >= 4 is 17.2 Å². The predicted octanol–water partition coefficient (Wildman–Crippen LogP) is 4.66. The number of hydrogen-bond acceptors (Lipinski definition) is 2. The van der Waals surface area contributed by atoms with Crippen molar-refractivity contribution < 1.29 is 0 Å². The highest BCUT2D eigenvalue weighted by Crippen LogP contribution is 2.27. The molecule has 0 saturated carbocycles. The smallest absolute Gasteiger partial charge is 0.160 e. The van der Waals surface area contributed by atoms with Crippen LogP contribution in [0, 0.1) is 6.92 Å². The second-order valence-electron chi connectivity index (χ2n) is 6.35. The Hall–Kier alpha value is -1.87. The van der Waals surface area contributed by atoms with E-state index in [9.17, 15) is 0 Å². The monoisotopic (exact) mass is 299 g/mol. The molecule has 2 heterocycles. The lowest BCUT2D eigenvalue weighted by molar-refractivity contribution is 0.590. The molecule has 0 radical (unpaired) electrons. The third-order valence-electron chi connectivity index (χ3n) is 3.65. The molecule has 21 heavy (non-hydrogen) atoms. The number of fused-ring (bicyclic) bond motifs is 1. The van der Waals surface area contributed by atoms with Gasteiger partial charge in [-0.05, 0) is 17.9 Å². The molecule has 3 rings (SSSR count). The highest BCUT2D eigenvalue weighted by Gasteiger charge is 2.14. The summed E-state index contributed by atoms with van der Waals surface area (Å²) in [6.45, 7) is 8.61. The van der Waals surface area contributed by atoms with E-state index in [0.29, 0.717) is 5.15 Å². The van der Waals surface area contributed by atoms with Crippen LogP contribution >= 0.6 is 11.6 Å². The van der Waals surface area contributed by atoms with Crippen molar-refractivity contribution in [2.45, 2.75) is 33.1 Å². The van der Waals surface area contributed by atoms with E-state index >= 15 is 0 Å². The number of aryl methyl sites for hydroxylation is 1. The van der Waals surface area contributed by atoms with Gasteiger partial charge in [-0.2, -0.15) is 5.10 Å². The van der Waals surface area contributed by atoms with Crippen LogP contribution in [0.25, 0.3) is 16.9 Å². The van der Waals surface area contributed by atoms with Crippen LogP contribution in [-0.2, 0) is 5.41 Å². The van der Waals surface area contributed by atoms with Gasteiger partial charge in [-0.15, -0.1) is 0 Å². The molecular formula is C17H18ClN3. The van der Waals surface area contributed by atoms with Gasteiger partial charge < -0.3 is 0 Å². The third-order valence-corrected chi connectivity index (χ3v) is 3.92. The van der Waals surface area contributed by atoms with Crippen molar-refractivity contribution in [2.75, 3.05) is 0 Å². The zero-order valence-corrected chi connectivity index (χ0v) is 13.4. The van der Waals surface area contributed by atoms with Crippen LogP contribution in [-0.4, -0.2) is 14.6 Å². The normalized spacial score (nSPS) is 12.0. The molecule has 1 aromatic carbocycles. The van der Waals surface area contributed by atoms with Crippen LogP contribution < -0.4 is 0 Å². The Labute approximate surface area is 129 Å². The van der Waals surface area contributed by atoms with Crippen LogP contribution in [0.5, 0.6) is 0 Å². The Balaban J connectivity index is 2.10. The average molecular weight is 300 g/mol. The molecule has 108 valence electrons. The Bertz CT molecular complexity index is 795. The van der Waals surface area contributed by atoms with Gasteiger partial charge >= 0.3 is 0 Å². The maximum atomic E-state index is 6.29. The summed E-state index contributed by atoms with van der Waals surface area (Å²) in [7, 11) is 0. The number of rotatable bonds is 1. The fourth-order valence-electron chi connectivity index (χ4n) is 2.32. The number of hydrogen-bond donors (Lipinski definition) is 0. The summed E-state index contributed by atoms with van der Waals surface area (Å²) in [5, 5.41) is 4.79. The average Bonchev–Trinajstić information content (AvgIpc) is 2.80. The standard InChI is InChI=1S/C17H18ClN3/c1-11-10-19-21-15(18)9-14(20-16(11)21)12-5-7-13(8-6-12)17(2,3)4/h5-10H,1-4H3. The Morgan fingerprint density at radius 2 is 1.76 bits per heavy atom. The maximum absolute atomic E-state index is 6.29. The van der Waals surface area contributed by atoms with Crippen molar-refractivity contribution in [3.05, 3.63) is 52.8 Å². The highest BCUT2D eigenvalue weighted by molar-refractivity contribution is 6.30. The minimum atomic E-state index is 0.148. The van der Waals surface area contributed by atoms with E-state index in [1.165, 1.54) is 5.56 Å². The summed E-state index contributed by atoms with van der Waals surface area (Å²) in [6, 6.07) is 10.4. The molecule has 2 aromatic heterocycles. The molecule has 0 saturated heterocycles. The first-order valence-electron chi connectivity index (χ1n) is 6.98. The maximum Gasteiger partial charge on any atom is 0.160 e. The largest absolute Gasteiger partial charge is 0.228 e. The first kappa shape index (κ1) is 14.1. The number of halogens is 1. The predicted molar refractivity (Wildman–Crippen MR) is 86.9 cm³/mol. The van der Waals surface area contributed by atoms with Crippen LogP contribution in [0.3, 0.4) is 0 Å². The zero-order valence-electron chi connectivity index (χ0n) is 12.7. The lowest BCUT2D eigenvalue weighted by Gasteiger charge is -2.19. The second-order valence-corrected chi connectivity index (χ2v) is 6.74. The van der Waals surface area contributed by atoms with Gasteiger partial charge in [0, 0.05) is 17.2 Å². The van der Waals surface area contributed by atoms with Gasteiger partial charge in [0.2, 0.25) is 0 Å². The molecule has 0 spiro atoms. The first-order valence-corrected chi connectivity index (χ1v) is 7.36. The molecule has 0 bridgehead atoms. The van der Waals surface area contributed by atoms with Crippen molar-refractivity contribution in [1.29, 1.82) is 0 Å². The summed E-state index contributed by atoms with van der Waals surface area (Å²) in [5.41, 5.74) is 5.21. The molecule has 0 aliphatic heterocycles. The first-order chi connectivity index (χ1) is 9.86. The molecule has 0 aliphatic carbocycles. The van der Waals surface area contributed by atoms with E-state index in [2.05, 4.69) is 55.1 Å². The molecule has 0 N–H and O–H groups in total. The fourth-order valence-corrected chi connectivity index (χ4v) is 2.55. The van der Waals surface area contributed by atoms with E-state index < -0.39 is 0 Å². The Morgan fingerprint density at radius 3 is 2.38 bits per heavy atom. The molecule has 0 amide bonds. The summed E-state index contributed by atoms with van der Waals surface area (Å²) in [4.78, 5) is 4.67. The summed E-state index contributed by atoms with van der Waals surface area (Å²) < 4.78 is 1.66. The molecular weight excluding hydrogens is 282 g/mol. The van der Waals surface area contributed by atoms with Crippen LogP contribution in [0.4, 0.5) is 0 Å². The van der Waals surface area contributed by atoms with Crippen LogP contribution in [0.15, 0.2) is 36.5 Å². The van der Waals surface area contributed by atoms with Crippen molar-refractivity contribution in [2.24, 2.45) is 0 Å². The second kappa shape index (κ2) is 4.85. The molecule has 3 aromatic rings. The van der Waals surface area contributed by atoms with Gasteiger partial charge in [0.15, 0.2) is 5.65 Å². The van der Waals surface area contributed by atoms with Gasteiger partial charge in [-0.1, -0.05) is 56.6 Å². The number of benzene rings is 1.